The maximum absolute atomic E-state index is 5.89. The Hall–Kier alpha value is -2.21. The zero-order valence-corrected chi connectivity index (χ0v) is 10.2. The summed E-state index contributed by atoms with van der Waals surface area (Å²) in [6, 6.07) is 9.50. The summed E-state index contributed by atoms with van der Waals surface area (Å²) in [5, 5.41) is 0.752. The lowest BCUT2D eigenvalue weighted by Crippen LogP contribution is -1.89. The molecule has 1 aromatic carbocycles. The third kappa shape index (κ3) is 1.86. The number of aromatic nitrogens is 3. The van der Waals surface area contributed by atoms with Crippen LogP contribution in [0.15, 0.2) is 46.6 Å². The fraction of sp³-hybridized carbons (Fsp3) is 0. The number of nitrogens with two attached hydrogens (primary N) is 2. The zero-order valence-electron chi connectivity index (χ0n) is 9.42. The largest absolute Gasteiger partial charge is 0.398 e. The first-order valence-corrected chi connectivity index (χ1v) is 6.18. The standard InChI is InChI=1S/C12H11N5S/c13-7-3-1-2-4-9(7)18-12-16-8-5-6-15-11(14)10(8)17-12/h1-6H,13H2,(H2,14,15)(H,16,17). The second kappa shape index (κ2) is 4.23. The number of fused-ring (bicyclic) bond motifs is 1. The van der Waals surface area contributed by atoms with E-state index in [9.17, 15) is 0 Å². The van der Waals surface area contributed by atoms with Crippen molar-refractivity contribution >= 4 is 34.3 Å². The van der Waals surface area contributed by atoms with Crippen molar-refractivity contribution in [3.8, 4) is 0 Å². The molecule has 90 valence electrons. The number of pyridine rings is 1. The molecule has 18 heavy (non-hydrogen) atoms. The lowest BCUT2D eigenvalue weighted by molar-refractivity contribution is 1.08. The fourth-order valence-corrected chi connectivity index (χ4v) is 2.50. The van der Waals surface area contributed by atoms with Crippen molar-refractivity contribution in [1.82, 2.24) is 15.0 Å². The van der Waals surface area contributed by atoms with Gasteiger partial charge in [0.2, 0.25) is 0 Å². The van der Waals surface area contributed by atoms with Gasteiger partial charge < -0.3 is 16.5 Å². The number of aromatic amines is 1. The van der Waals surface area contributed by atoms with Gasteiger partial charge in [0.1, 0.15) is 5.52 Å². The van der Waals surface area contributed by atoms with Gasteiger partial charge in [0.15, 0.2) is 11.0 Å². The number of hydrogen-bond donors (Lipinski definition) is 3. The Balaban J connectivity index is 2.01. The highest BCUT2D eigenvalue weighted by atomic mass is 32.2. The van der Waals surface area contributed by atoms with Gasteiger partial charge in [0.25, 0.3) is 0 Å². The Labute approximate surface area is 108 Å². The van der Waals surface area contributed by atoms with Crippen LogP contribution in [0.4, 0.5) is 11.5 Å². The normalized spacial score (nSPS) is 10.9. The van der Waals surface area contributed by atoms with E-state index < -0.39 is 0 Å². The van der Waals surface area contributed by atoms with Crippen molar-refractivity contribution in [2.45, 2.75) is 10.1 Å². The Morgan fingerprint density at radius 3 is 2.72 bits per heavy atom. The number of imidazole rings is 1. The van der Waals surface area contributed by atoms with Crippen LogP contribution >= 0.6 is 11.8 Å². The topological polar surface area (TPSA) is 93.6 Å². The van der Waals surface area contributed by atoms with Crippen molar-refractivity contribution in [2.24, 2.45) is 0 Å². The summed E-state index contributed by atoms with van der Waals surface area (Å²) in [5.74, 6) is 0.427. The van der Waals surface area contributed by atoms with Gasteiger partial charge in [0.05, 0.1) is 5.52 Å². The molecule has 0 fully saturated rings. The summed E-state index contributed by atoms with van der Waals surface area (Å²) >= 11 is 1.47. The molecular weight excluding hydrogens is 246 g/mol. The summed E-state index contributed by atoms with van der Waals surface area (Å²) in [5.41, 5.74) is 14.0. The summed E-state index contributed by atoms with van der Waals surface area (Å²) in [6.07, 6.45) is 1.65. The van der Waals surface area contributed by atoms with Crippen LogP contribution < -0.4 is 11.5 Å². The van der Waals surface area contributed by atoms with Gasteiger partial charge in [0, 0.05) is 16.8 Å². The molecule has 0 radical (unpaired) electrons. The number of H-pyrrole nitrogens is 1. The molecule has 0 bridgehead atoms. The van der Waals surface area contributed by atoms with Gasteiger partial charge in [-0.1, -0.05) is 12.1 Å². The highest BCUT2D eigenvalue weighted by molar-refractivity contribution is 7.99. The van der Waals surface area contributed by atoms with Crippen LogP contribution in [0, 0.1) is 0 Å². The number of rotatable bonds is 2. The van der Waals surface area contributed by atoms with Gasteiger partial charge >= 0.3 is 0 Å². The molecule has 3 rings (SSSR count). The first kappa shape index (κ1) is 10.9. The van der Waals surface area contributed by atoms with Crippen molar-refractivity contribution in [1.29, 1.82) is 0 Å². The molecule has 0 aliphatic carbocycles. The minimum atomic E-state index is 0.427. The van der Waals surface area contributed by atoms with Gasteiger partial charge in [-0.3, -0.25) is 0 Å². The third-order valence-electron chi connectivity index (χ3n) is 2.53. The molecule has 0 amide bonds. The quantitative estimate of drug-likeness (QED) is 0.612. The molecule has 5 N–H and O–H groups in total. The molecule has 0 saturated carbocycles. The molecule has 2 aromatic heterocycles. The van der Waals surface area contributed by atoms with E-state index in [1.165, 1.54) is 11.8 Å². The number of nitrogens with zero attached hydrogens (tertiary/aromatic N) is 2. The van der Waals surface area contributed by atoms with Crippen LogP contribution in [0.2, 0.25) is 0 Å². The van der Waals surface area contributed by atoms with Crippen molar-refractivity contribution in [3.63, 3.8) is 0 Å². The number of nitrogen functional groups attached to an aromatic ring is 2. The average Bonchev–Trinajstić information content (AvgIpc) is 2.76. The Morgan fingerprint density at radius 2 is 1.94 bits per heavy atom. The third-order valence-corrected chi connectivity index (χ3v) is 3.51. The number of anilines is 2. The molecule has 0 unspecified atom stereocenters. The molecule has 0 aliphatic rings. The van der Waals surface area contributed by atoms with Crippen LogP contribution in [-0.4, -0.2) is 15.0 Å². The number of nitrogens with one attached hydrogen (secondary N) is 1. The van der Waals surface area contributed by atoms with E-state index >= 15 is 0 Å². The van der Waals surface area contributed by atoms with Gasteiger partial charge in [-0.25, -0.2) is 9.97 Å². The maximum atomic E-state index is 5.89. The minimum absolute atomic E-state index is 0.427. The van der Waals surface area contributed by atoms with E-state index in [2.05, 4.69) is 15.0 Å². The van der Waals surface area contributed by atoms with Gasteiger partial charge in [-0.15, -0.1) is 0 Å². The van der Waals surface area contributed by atoms with Crippen molar-refractivity contribution in [2.75, 3.05) is 11.5 Å². The number of para-hydroxylation sites is 1. The van der Waals surface area contributed by atoms with Gasteiger partial charge in [-0.2, -0.15) is 0 Å². The average molecular weight is 257 g/mol. The fourth-order valence-electron chi connectivity index (χ4n) is 1.66. The van der Waals surface area contributed by atoms with Crippen LogP contribution in [0.3, 0.4) is 0 Å². The Morgan fingerprint density at radius 1 is 1.11 bits per heavy atom. The van der Waals surface area contributed by atoms with E-state index in [4.69, 9.17) is 11.5 Å². The molecule has 6 heteroatoms. The summed E-state index contributed by atoms with van der Waals surface area (Å²) in [4.78, 5) is 12.6. The molecule has 0 atom stereocenters. The minimum Gasteiger partial charge on any atom is -0.398 e. The van der Waals surface area contributed by atoms with Gasteiger partial charge in [-0.05, 0) is 30.0 Å². The number of benzene rings is 1. The zero-order chi connectivity index (χ0) is 12.5. The Bertz CT molecular complexity index is 707. The van der Waals surface area contributed by atoms with Crippen LogP contribution in [0.25, 0.3) is 11.0 Å². The van der Waals surface area contributed by atoms with Crippen molar-refractivity contribution < 1.29 is 0 Å². The lowest BCUT2D eigenvalue weighted by Gasteiger charge is -2.01. The SMILES string of the molecule is Nc1ccccc1Sc1nc2c(N)nccc2[nH]1. The highest BCUT2D eigenvalue weighted by Gasteiger charge is 2.08. The van der Waals surface area contributed by atoms with E-state index in [1.807, 2.05) is 30.3 Å². The first-order valence-electron chi connectivity index (χ1n) is 5.36. The summed E-state index contributed by atoms with van der Waals surface area (Å²) in [6.45, 7) is 0. The number of hydrogen-bond acceptors (Lipinski definition) is 5. The highest BCUT2D eigenvalue weighted by Crippen LogP contribution is 2.31. The second-order valence-corrected chi connectivity index (χ2v) is 4.80. The predicted molar refractivity (Wildman–Crippen MR) is 73.3 cm³/mol. The van der Waals surface area contributed by atoms with E-state index in [-0.39, 0.29) is 0 Å². The van der Waals surface area contributed by atoms with Crippen molar-refractivity contribution in [3.05, 3.63) is 36.5 Å². The van der Waals surface area contributed by atoms with E-state index in [1.54, 1.807) is 6.20 Å². The molecule has 2 heterocycles. The lowest BCUT2D eigenvalue weighted by atomic mass is 10.3. The molecule has 0 saturated heterocycles. The summed E-state index contributed by atoms with van der Waals surface area (Å²) in [7, 11) is 0. The molecule has 0 spiro atoms. The molecule has 3 aromatic rings. The summed E-state index contributed by atoms with van der Waals surface area (Å²) < 4.78 is 0. The maximum Gasteiger partial charge on any atom is 0.171 e. The van der Waals surface area contributed by atoms with Crippen LogP contribution in [0.5, 0.6) is 0 Å². The first-order chi connectivity index (χ1) is 8.74. The molecule has 0 aliphatic heterocycles. The molecular formula is C12H11N5S. The molecule has 5 nitrogen and oxygen atoms in total. The monoisotopic (exact) mass is 257 g/mol. The second-order valence-electron chi connectivity index (χ2n) is 3.77. The van der Waals surface area contributed by atoms with Crippen LogP contribution in [0.1, 0.15) is 0 Å². The Kier molecular flexibility index (Phi) is 2.56. The van der Waals surface area contributed by atoms with Crippen LogP contribution in [-0.2, 0) is 0 Å². The van der Waals surface area contributed by atoms with E-state index in [0.717, 1.165) is 21.3 Å². The smallest absolute Gasteiger partial charge is 0.171 e. The van der Waals surface area contributed by atoms with E-state index in [0.29, 0.717) is 11.3 Å². The predicted octanol–water partition coefficient (Wildman–Crippen LogP) is 2.27.